The molecule has 0 aromatic heterocycles. The number of aromatic carboxylic acids is 1. The van der Waals surface area contributed by atoms with E-state index in [2.05, 4.69) is 4.99 Å². The number of carboxylic acids is 1. The standard InChI is InChI=1S/C10H8ClF3N2O2/c11-4-7(15)16-8-5(9(17)18)2-1-3-6(8)10(12,13)14/h1-3H,4H2,(H2,15,16)(H,17,18). The molecule has 0 aliphatic carbocycles. The van der Waals surface area contributed by atoms with Crippen LogP contribution in [-0.2, 0) is 6.18 Å². The molecule has 0 unspecified atom stereocenters. The van der Waals surface area contributed by atoms with Crippen molar-refractivity contribution in [2.75, 3.05) is 5.88 Å². The fourth-order valence-electron chi connectivity index (χ4n) is 1.24. The second-order valence-corrected chi connectivity index (χ2v) is 3.51. The lowest BCUT2D eigenvalue weighted by Gasteiger charge is -2.12. The smallest absolute Gasteiger partial charge is 0.418 e. The third kappa shape index (κ3) is 3.13. The number of alkyl halides is 4. The van der Waals surface area contributed by atoms with Gasteiger partial charge in [-0.25, -0.2) is 9.79 Å². The van der Waals surface area contributed by atoms with Gasteiger partial charge in [-0.3, -0.25) is 0 Å². The molecule has 98 valence electrons. The Morgan fingerprint density at radius 1 is 1.44 bits per heavy atom. The molecular formula is C10H8ClF3N2O2. The number of para-hydroxylation sites is 1. The first kappa shape index (κ1) is 14.3. The third-order valence-corrected chi connectivity index (χ3v) is 2.24. The van der Waals surface area contributed by atoms with E-state index in [0.717, 1.165) is 18.2 Å². The summed E-state index contributed by atoms with van der Waals surface area (Å²) in [5.74, 6) is -2.12. The Morgan fingerprint density at radius 3 is 2.50 bits per heavy atom. The summed E-state index contributed by atoms with van der Waals surface area (Å²) >= 11 is 5.32. The van der Waals surface area contributed by atoms with E-state index in [9.17, 15) is 18.0 Å². The SMILES string of the molecule is NC(CCl)=Nc1c(C(=O)O)cccc1C(F)(F)F. The fraction of sp³-hybridized carbons (Fsp3) is 0.200. The first-order chi connectivity index (χ1) is 8.27. The number of nitrogens with two attached hydrogens (primary N) is 1. The molecule has 0 saturated carbocycles. The van der Waals surface area contributed by atoms with Crippen molar-refractivity contribution in [3.8, 4) is 0 Å². The van der Waals surface area contributed by atoms with E-state index in [1.165, 1.54) is 0 Å². The molecule has 0 saturated heterocycles. The first-order valence-corrected chi connectivity index (χ1v) is 5.13. The Labute approximate surface area is 105 Å². The van der Waals surface area contributed by atoms with E-state index < -0.39 is 29.0 Å². The van der Waals surface area contributed by atoms with Gasteiger partial charge >= 0.3 is 12.1 Å². The Morgan fingerprint density at radius 2 is 2.06 bits per heavy atom. The van der Waals surface area contributed by atoms with Crippen LogP contribution in [0, 0.1) is 0 Å². The van der Waals surface area contributed by atoms with E-state index in [1.807, 2.05) is 0 Å². The molecule has 3 N–H and O–H groups in total. The van der Waals surface area contributed by atoms with Gasteiger partial charge in [0.1, 0.15) is 5.84 Å². The normalized spacial score (nSPS) is 12.6. The molecule has 0 aliphatic rings. The van der Waals surface area contributed by atoms with E-state index in [0.29, 0.717) is 0 Å². The maximum absolute atomic E-state index is 12.7. The van der Waals surface area contributed by atoms with Crippen molar-refractivity contribution in [3.63, 3.8) is 0 Å². The number of rotatable bonds is 3. The van der Waals surface area contributed by atoms with Crippen LogP contribution in [0.5, 0.6) is 0 Å². The molecule has 1 rings (SSSR count). The zero-order chi connectivity index (χ0) is 13.9. The number of halogens is 4. The zero-order valence-corrected chi connectivity index (χ0v) is 9.59. The van der Waals surface area contributed by atoms with Crippen LogP contribution in [0.4, 0.5) is 18.9 Å². The molecule has 1 aromatic rings. The number of hydrogen-bond acceptors (Lipinski definition) is 2. The molecule has 0 bridgehead atoms. The van der Waals surface area contributed by atoms with Crippen LogP contribution in [0.1, 0.15) is 15.9 Å². The van der Waals surface area contributed by atoms with E-state index in [-0.39, 0.29) is 11.7 Å². The second kappa shape index (κ2) is 5.26. The average molecular weight is 281 g/mol. The predicted octanol–water partition coefficient (Wildman–Crippen LogP) is 2.63. The molecule has 1 aromatic carbocycles. The van der Waals surface area contributed by atoms with Crippen molar-refractivity contribution < 1.29 is 23.1 Å². The lowest BCUT2D eigenvalue weighted by atomic mass is 10.1. The van der Waals surface area contributed by atoms with Crippen molar-refractivity contribution >= 4 is 29.1 Å². The Bertz CT molecular complexity index is 500. The average Bonchev–Trinajstić information content (AvgIpc) is 2.27. The largest absolute Gasteiger partial charge is 0.478 e. The Balaban J connectivity index is 3.54. The molecule has 4 nitrogen and oxygen atoms in total. The van der Waals surface area contributed by atoms with Crippen LogP contribution in [0.15, 0.2) is 23.2 Å². The van der Waals surface area contributed by atoms with E-state index in [1.54, 1.807) is 0 Å². The molecule has 18 heavy (non-hydrogen) atoms. The lowest BCUT2D eigenvalue weighted by molar-refractivity contribution is -0.137. The van der Waals surface area contributed by atoms with Crippen LogP contribution >= 0.6 is 11.6 Å². The highest BCUT2D eigenvalue weighted by Gasteiger charge is 2.35. The number of carboxylic acid groups (broad SMARTS) is 1. The topological polar surface area (TPSA) is 75.7 Å². The molecule has 8 heteroatoms. The van der Waals surface area contributed by atoms with Crippen LogP contribution in [0.25, 0.3) is 0 Å². The van der Waals surface area contributed by atoms with E-state index >= 15 is 0 Å². The summed E-state index contributed by atoms with van der Waals surface area (Å²) in [5, 5.41) is 8.83. The first-order valence-electron chi connectivity index (χ1n) is 4.60. The zero-order valence-electron chi connectivity index (χ0n) is 8.83. The summed E-state index contributed by atoms with van der Waals surface area (Å²) in [6.07, 6.45) is -4.73. The summed E-state index contributed by atoms with van der Waals surface area (Å²) in [6, 6.07) is 2.73. The van der Waals surface area contributed by atoms with Gasteiger partial charge in [0, 0.05) is 0 Å². The summed E-state index contributed by atoms with van der Waals surface area (Å²) in [4.78, 5) is 14.3. The van der Waals surface area contributed by atoms with E-state index in [4.69, 9.17) is 22.4 Å². The Hall–Kier alpha value is -1.76. The van der Waals surface area contributed by atoms with Gasteiger partial charge in [0.2, 0.25) is 0 Å². The summed E-state index contributed by atoms with van der Waals surface area (Å²) in [6.45, 7) is 0. The number of nitrogens with zero attached hydrogens (tertiary/aromatic N) is 1. The molecule has 0 radical (unpaired) electrons. The minimum Gasteiger partial charge on any atom is -0.478 e. The monoisotopic (exact) mass is 280 g/mol. The van der Waals surface area contributed by atoms with Gasteiger partial charge < -0.3 is 10.8 Å². The number of aliphatic imine (C=N–C) groups is 1. The van der Waals surface area contributed by atoms with Gasteiger partial charge in [-0.15, -0.1) is 11.6 Å². The number of amidine groups is 1. The van der Waals surface area contributed by atoms with Crippen LogP contribution in [0.3, 0.4) is 0 Å². The molecule has 0 atom stereocenters. The van der Waals surface area contributed by atoms with Crippen molar-refractivity contribution in [1.82, 2.24) is 0 Å². The number of benzene rings is 1. The highest BCUT2D eigenvalue weighted by atomic mass is 35.5. The molecule has 0 fully saturated rings. The van der Waals surface area contributed by atoms with Crippen molar-refractivity contribution in [2.45, 2.75) is 6.18 Å². The molecular weight excluding hydrogens is 273 g/mol. The minimum absolute atomic E-state index is 0.295. The maximum Gasteiger partial charge on any atom is 0.418 e. The van der Waals surface area contributed by atoms with Crippen molar-refractivity contribution in [2.24, 2.45) is 10.7 Å². The van der Waals surface area contributed by atoms with Gasteiger partial charge in [-0.05, 0) is 12.1 Å². The van der Waals surface area contributed by atoms with Gasteiger partial charge in [0.05, 0.1) is 22.7 Å². The number of carbonyl (C=O) groups is 1. The summed E-state index contributed by atoms with van der Waals surface area (Å²) in [5.41, 5.74) is 2.75. The second-order valence-electron chi connectivity index (χ2n) is 3.24. The minimum atomic E-state index is -4.73. The van der Waals surface area contributed by atoms with Gasteiger partial charge in [-0.1, -0.05) is 6.07 Å². The molecule has 0 amide bonds. The molecule has 0 heterocycles. The highest BCUT2D eigenvalue weighted by Crippen LogP contribution is 2.38. The van der Waals surface area contributed by atoms with Crippen LogP contribution in [0.2, 0.25) is 0 Å². The van der Waals surface area contributed by atoms with Crippen LogP contribution in [-0.4, -0.2) is 22.8 Å². The van der Waals surface area contributed by atoms with Gasteiger partial charge in [0.15, 0.2) is 0 Å². The Kier molecular flexibility index (Phi) is 4.18. The quantitative estimate of drug-likeness (QED) is 0.508. The van der Waals surface area contributed by atoms with Gasteiger partial charge in [0.25, 0.3) is 0 Å². The van der Waals surface area contributed by atoms with Crippen LogP contribution < -0.4 is 5.73 Å². The third-order valence-electron chi connectivity index (χ3n) is 1.96. The summed E-state index contributed by atoms with van der Waals surface area (Å²) < 4.78 is 38.1. The van der Waals surface area contributed by atoms with Crippen molar-refractivity contribution in [1.29, 1.82) is 0 Å². The van der Waals surface area contributed by atoms with Gasteiger partial charge in [-0.2, -0.15) is 13.2 Å². The fourth-order valence-corrected chi connectivity index (χ4v) is 1.30. The lowest BCUT2D eigenvalue weighted by Crippen LogP contribution is -2.15. The summed E-state index contributed by atoms with van der Waals surface area (Å²) in [7, 11) is 0. The number of hydrogen-bond donors (Lipinski definition) is 2. The maximum atomic E-state index is 12.7. The highest BCUT2D eigenvalue weighted by molar-refractivity contribution is 6.28. The molecule has 0 spiro atoms. The van der Waals surface area contributed by atoms with Crippen molar-refractivity contribution in [3.05, 3.63) is 29.3 Å². The predicted molar refractivity (Wildman–Crippen MR) is 60.4 cm³/mol. The molecule has 0 aliphatic heterocycles.